The molecule has 26 nitrogen and oxygen atoms in total. The van der Waals surface area contributed by atoms with E-state index in [2.05, 4.69) is 81.8 Å². The van der Waals surface area contributed by atoms with Gasteiger partial charge in [-0.25, -0.2) is 48.0 Å². The summed E-state index contributed by atoms with van der Waals surface area (Å²) >= 11 is 0. The molecule has 0 aliphatic heterocycles. The van der Waals surface area contributed by atoms with Crippen LogP contribution >= 0.6 is 27.0 Å². The molecule has 0 aromatic carbocycles. The van der Waals surface area contributed by atoms with Crippen LogP contribution in [0.5, 0.6) is 0 Å². The van der Waals surface area contributed by atoms with E-state index in [0.717, 1.165) is 34.9 Å². The number of ether oxygens (including phenoxy) is 2. The van der Waals surface area contributed by atoms with E-state index in [-0.39, 0.29) is 73.8 Å². The highest BCUT2D eigenvalue weighted by Gasteiger charge is 2.45. The number of carbonyl (C=O) groups excluding carboxylic acids is 2. The van der Waals surface area contributed by atoms with Gasteiger partial charge in [-0.2, -0.15) is 47.4 Å². The van der Waals surface area contributed by atoms with E-state index in [1.165, 1.54) is 34.4 Å². The van der Waals surface area contributed by atoms with Crippen molar-refractivity contribution in [2.75, 3.05) is 24.9 Å². The monoisotopic (exact) mass is 1240 g/mol. The molecular weight excluding hydrogens is 1170 g/mol. The lowest BCUT2D eigenvalue weighted by Crippen LogP contribution is -2.50. The van der Waals surface area contributed by atoms with Crippen LogP contribution in [-0.4, -0.2) is 117 Å². The van der Waals surface area contributed by atoms with E-state index in [9.17, 15) is 28.0 Å². The lowest BCUT2D eigenvalue weighted by atomic mass is 9.76. The molecule has 2 aliphatic carbocycles. The van der Waals surface area contributed by atoms with Gasteiger partial charge in [-0.3, -0.25) is 29.4 Å². The number of halogens is 2. The van der Waals surface area contributed by atoms with Gasteiger partial charge >= 0.3 is 0 Å². The SMILES string of the molecule is COC1(C(=O)N[C@@H](C)c2ccc(-n3cc(F)cn3)nc2)CCC(c2nc(Nc3cc(C)[nH]n3)cc3c(=O)[nH]cnc23)CC1.COC1(C(=O)N[C@@H](C)c2ccc(-n3cc(F)cn3)nc2)CCC(c2nc(Nc3cc(C)[nH]n3)cc3c(=O)[nH]cnc23)CC1.S.S. The smallest absolute Gasteiger partial charge is 0.258 e. The number of nitrogens with zero attached hydrogens (tertiary/aromatic N) is 12. The number of hydrogen-bond acceptors (Lipinski definition) is 18. The molecule has 2 saturated carbocycles. The van der Waals surface area contributed by atoms with E-state index in [1.807, 2.05) is 52.0 Å². The second-order valence-electron chi connectivity index (χ2n) is 21.6. The highest BCUT2D eigenvalue weighted by Crippen LogP contribution is 2.43. The largest absolute Gasteiger partial charge is 0.368 e. The number of anilines is 4. The van der Waals surface area contributed by atoms with Crippen LogP contribution < -0.4 is 32.4 Å². The van der Waals surface area contributed by atoms with Crippen molar-refractivity contribution in [3.63, 3.8) is 0 Å². The fourth-order valence-corrected chi connectivity index (χ4v) is 11.1. The fraction of sp³-hybridized carbons (Fsp3) is 0.345. The Morgan fingerprint density at radius 1 is 0.591 bits per heavy atom. The van der Waals surface area contributed by atoms with Crippen LogP contribution in [0.1, 0.15) is 123 Å². The number of fused-ring (bicyclic) bond motifs is 2. The maximum absolute atomic E-state index is 13.6. The summed E-state index contributed by atoms with van der Waals surface area (Å²) in [6.45, 7) is 7.53. The summed E-state index contributed by atoms with van der Waals surface area (Å²) in [5.74, 6) is 1.66. The zero-order valence-electron chi connectivity index (χ0n) is 48.8. The molecule has 88 heavy (non-hydrogen) atoms. The fourth-order valence-electron chi connectivity index (χ4n) is 11.1. The van der Waals surface area contributed by atoms with E-state index < -0.39 is 22.8 Å². The number of pyridine rings is 4. The average molecular weight is 1240 g/mol. The van der Waals surface area contributed by atoms with Gasteiger partial charge in [-0.1, -0.05) is 12.1 Å². The summed E-state index contributed by atoms with van der Waals surface area (Å²) in [7, 11) is 3.10. The van der Waals surface area contributed by atoms with Crippen LogP contribution in [-0.2, 0) is 19.1 Å². The average Bonchev–Trinajstić information content (AvgIpc) is 2.00. The van der Waals surface area contributed by atoms with Crippen molar-refractivity contribution in [3.05, 3.63) is 165 Å². The Labute approximate surface area is 515 Å². The third-order valence-electron chi connectivity index (χ3n) is 16.0. The Balaban J connectivity index is 0.000000205. The summed E-state index contributed by atoms with van der Waals surface area (Å²) in [5.41, 5.74) is 3.25. The highest BCUT2D eigenvalue weighted by atomic mass is 32.1. The minimum absolute atomic E-state index is 0. The van der Waals surface area contributed by atoms with Crippen LogP contribution in [0.25, 0.3) is 33.4 Å². The van der Waals surface area contributed by atoms with Gasteiger partial charge in [0, 0.05) is 62.0 Å². The predicted octanol–water partition coefficient (Wildman–Crippen LogP) is 7.69. The molecule has 2 aliphatic rings. The molecule has 10 aromatic heterocycles. The number of rotatable bonds is 16. The number of H-pyrrole nitrogens is 4. The molecule has 12 rings (SSSR count). The van der Waals surface area contributed by atoms with Gasteiger partial charge < -0.3 is 40.7 Å². The maximum Gasteiger partial charge on any atom is 0.258 e. The van der Waals surface area contributed by atoms with Crippen molar-refractivity contribution in [1.29, 1.82) is 0 Å². The number of amides is 2. The molecule has 460 valence electrons. The molecular formula is C58H66F2N20O6S2. The first-order chi connectivity index (χ1) is 41.5. The summed E-state index contributed by atoms with van der Waals surface area (Å²) in [6.07, 6.45) is 15.0. The van der Waals surface area contributed by atoms with Crippen LogP contribution in [0.2, 0.25) is 0 Å². The number of methoxy groups -OCH3 is 2. The molecule has 10 heterocycles. The van der Waals surface area contributed by atoms with Gasteiger partial charge in [0.05, 0.1) is 82.7 Å². The number of nitrogens with one attached hydrogen (secondary N) is 8. The molecule has 10 aromatic rings. The topological polar surface area (TPSA) is 337 Å². The summed E-state index contributed by atoms with van der Waals surface area (Å²) in [6, 6.07) is 13.4. The van der Waals surface area contributed by atoms with Crippen LogP contribution in [0.15, 0.2) is 108 Å². The van der Waals surface area contributed by atoms with Gasteiger partial charge in [0.15, 0.2) is 34.9 Å². The Morgan fingerprint density at radius 2 is 0.989 bits per heavy atom. The van der Waals surface area contributed by atoms with Gasteiger partial charge in [-0.05, 0) is 114 Å². The summed E-state index contributed by atoms with van der Waals surface area (Å²) in [4.78, 5) is 85.2. The molecule has 0 spiro atoms. The molecule has 30 heteroatoms. The first-order valence-corrected chi connectivity index (χ1v) is 27.9. The summed E-state index contributed by atoms with van der Waals surface area (Å²) < 4.78 is 41.0. The van der Waals surface area contributed by atoms with E-state index in [0.29, 0.717) is 119 Å². The third-order valence-corrected chi connectivity index (χ3v) is 16.0. The Morgan fingerprint density at radius 3 is 1.31 bits per heavy atom. The van der Waals surface area contributed by atoms with E-state index >= 15 is 0 Å². The summed E-state index contributed by atoms with van der Waals surface area (Å²) in [5, 5.41) is 35.4. The Hall–Kier alpha value is -9.26. The van der Waals surface area contributed by atoms with Crippen LogP contribution in [0.4, 0.5) is 32.1 Å². The molecule has 0 bridgehead atoms. The van der Waals surface area contributed by atoms with E-state index in [1.54, 1.807) is 50.9 Å². The Bertz CT molecular complexity index is 3930. The third kappa shape index (κ3) is 13.5. The molecule has 2 amide bonds. The van der Waals surface area contributed by atoms with Crippen molar-refractivity contribution in [2.45, 2.75) is 114 Å². The minimum Gasteiger partial charge on any atom is -0.368 e. The van der Waals surface area contributed by atoms with Gasteiger partial charge in [0.2, 0.25) is 0 Å². The maximum atomic E-state index is 13.6. The normalized spacial score (nSPS) is 18.9. The zero-order valence-corrected chi connectivity index (χ0v) is 50.8. The Kier molecular flexibility index (Phi) is 19.3. The van der Waals surface area contributed by atoms with Gasteiger partial charge in [-0.15, -0.1) is 0 Å². The number of hydrogen-bond donors (Lipinski definition) is 8. The van der Waals surface area contributed by atoms with Gasteiger partial charge in [0.1, 0.15) is 22.8 Å². The second-order valence-corrected chi connectivity index (χ2v) is 21.6. The molecule has 0 saturated heterocycles. The van der Waals surface area contributed by atoms with Crippen molar-refractivity contribution in [2.24, 2.45) is 0 Å². The van der Waals surface area contributed by atoms with Crippen molar-refractivity contribution in [1.82, 2.24) is 90.5 Å². The highest BCUT2D eigenvalue weighted by molar-refractivity contribution is 7.59. The molecule has 0 unspecified atom stereocenters. The first kappa shape index (κ1) is 63.2. The van der Waals surface area contributed by atoms with Crippen molar-refractivity contribution in [3.8, 4) is 11.6 Å². The number of aromatic amines is 4. The number of aromatic nitrogens is 16. The number of aryl methyl sites for hydroxylation is 2. The number of carbonyl (C=O) groups is 2. The lowest BCUT2D eigenvalue weighted by molar-refractivity contribution is -0.149. The molecule has 2 fully saturated rings. The van der Waals surface area contributed by atoms with Gasteiger partial charge in [0.25, 0.3) is 22.9 Å². The predicted molar refractivity (Wildman–Crippen MR) is 332 cm³/mol. The molecule has 8 N–H and O–H groups in total. The molecule has 0 radical (unpaired) electrons. The molecule has 2 atom stereocenters. The van der Waals surface area contributed by atoms with Crippen molar-refractivity contribution >= 4 is 83.9 Å². The minimum atomic E-state index is -1.02. The lowest BCUT2D eigenvalue weighted by Gasteiger charge is -2.38. The van der Waals surface area contributed by atoms with E-state index in [4.69, 9.17) is 19.4 Å². The van der Waals surface area contributed by atoms with Crippen LogP contribution in [0, 0.1) is 25.5 Å². The quantitative estimate of drug-likeness (QED) is 0.0459. The van der Waals surface area contributed by atoms with Crippen LogP contribution in [0.3, 0.4) is 0 Å². The zero-order chi connectivity index (χ0) is 60.3. The standard InChI is InChI=1S/2C29H31FN10O3.2H2S/c2*1-16-10-23(39-38-16)36-22-11-21-26(32-15-33-27(21)41)25(37-22)18-6-8-29(43-3,9-7-18)28(42)35-17(2)19-4-5-24(31-12-19)40-14-20(30)13-34-40;;/h2*4-5,10-15,17-18H,6-9H2,1-3H3,(H,35,42)(H,32,33,41)(H2,36,37,38,39);2*1H2/t2*17-,18?,29?;;/m00../s1. The first-order valence-electron chi connectivity index (χ1n) is 27.9. The second kappa shape index (κ2) is 26.8. The van der Waals surface area contributed by atoms with Crippen molar-refractivity contribution < 1.29 is 27.8 Å².